The first-order chi connectivity index (χ1) is 14.0. The summed E-state index contributed by atoms with van der Waals surface area (Å²) in [5.74, 6) is -0.0996. The van der Waals surface area contributed by atoms with Gasteiger partial charge in [0.1, 0.15) is 29.7 Å². The lowest BCUT2D eigenvalue weighted by atomic mass is 9.93. The average Bonchev–Trinajstić information content (AvgIpc) is 2.72. The molecule has 1 aliphatic carbocycles. The summed E-state index contributed by atoms with van der Waals surface area (Å²) in [4.78, 5) is 15.6. The number of carbonyl (C=O) groups is 1. The highest BCUT2D eigenvalue weighted by atomic mass is 35.5. The molecule has 0 unspecified atom stereocenters. The fourth-order valence-corrected chi connectivity index (χ4v) is 3.28. The average molecular weight is 410 g/mol. The molecule has 0 saturated carbocycles. The van der Waals surface area contributed by atoms with E-state index in [0.29, 0.717) is 22.4 Å². The molecule has 5 nitrogen and oxygen atoms in total. The van der Waals surface area contributed by atoms with E-state index in [0.717, 1.165) is 22.1 Å². The summed E-state index contributed by atoms with van der Waals surface area (Å²) < 4.78 is 19.5. The number of hydrogen-bond acceptors (Lipinski definition) is 4. The quantitative estimate of drug-likeness (QED) is 0.302. The van der Waals surface area contributed by atoms with Gasteiger partial charge in [-0.05, 0) is 42.0 Å². The van der Waals surface area contributed by atoms with Gasteiger partial charge < -0.3 is 15.5 Å². The van der Waals surface area contributed by atoms with Crippen LogP contribution in [0.2, 0.25) is 0 Å². The number of carbonyl (C=O) groups excluding carboxylic acids is 1. The minimum Gasteiger partial charge on any atom is -0.456 e. The fourth-order valence-electron chi connectivity index (χ4n) is 3.19. The number of nitrogens with one attached hydrogen (secondary N) is 1. The Hall–Kier alpha value is -3.38. The predicted molar refractivity (Wildman–Crippen MR) is 112 cm³/mol. The van der Waals surface area contributed by atoms with Crippen LogP contribution in [-0.2, 0) is 4.79 Å². The van der Waals surface area contributed by atoms with Gasteiger partial charge in [-0.15, -0.1) is 11.6 Å². The van der Waals surface area contributed by atoms with Gasteiger partial charge in [-0.25, -0.2) is 4.39 Å². The molecule has 0 aromatic heterocycles. The highest BCUT2D eigenvalue weighted by Gasteiger charge is 2.17. The van der Waals surface area contributed by atoms with Gasteiger partial charge in [0.2, 0.25) is 5.91 Å². The number of alkyl halides is 1. The second-order valence-electron chi connectivity index (χ2n) is 6.47. The van der Waals surface area contributed by atoms with Crippen LogP contribution in [0, 0.1) is 5.82 Å². The number of hydrogen-bond donors (Lipinski definition) is 2. The van der Waals surface area contributed by atoms with Gasteiger partial charge in [-0.3, -0.25) is 9.79 Å². The second kappa shape index (κ2) is 7.93. The number of nitrogens with zero attached hydrogens (tertiary/aromatic N) is 1. The number of rotatable bonds is 4. The third kappa shape index (κ3) is 3.93. The number of halogens is 2. The van der Waals surface area contributed by atoms with Crippen LogP contribution in [0.4, 0.5) is 10.1 Å². The molecular formula is C22H17ClFN3O2. The van der Waals surface area contributed by atoms with E-state index in [2.05, 4.69) is 10.3 Å². The van der Waals surface area contributed by atoms with Crippen LogP contribution in [0.15, 0.2) is 70.1 Å². The zero-order valence-corrected chi connectivity index (χ0v) is 16.0. The third-order valence-corrected chi connectivity index (χ3v) is 4.76. The Morgan fingerprint density at radius 2 is 1.90 bits per heavy atom. The van der Waals surface area contributed by atoms with E-state index in [9.17, 15) is 9.18 Å². The molecule has 2 aromatic rings. The Kier molecular flexibility index (Phi) is 5.18. The summed E-state index contributed by atoms with van der Waals surface area (Å²) in [6, 6.07) is 17.3. The first-order valence-electron chi connectivity index (χ1n) is 8.90. The van der Waals surface area contributed by atoms with Crippen molar-refractivity contribution < 1.29 is 13.6 Å². The minimum absolute atomic E-state index is 0.114. The molecule has 0 atom stereocenters. The molecule has 7 heteroatoms. The van der Waals surface area contributed by atoms with Gasteiger partial charge in [0.25, 0.3) is 0 Å². The maximum atomic E-state index is 13.5. The van der Waals surface area contributed by atoms with Crippen molar-refractivity contribution in [1.29, 1.82) is 0 Å². The van der Waals surface area contributed by atoms with Crippen molar-refractivity contribution in [3.8, 4) is 22.5 Å². The van der Waals surface area contributed by atoms with Crippen LogP contribution < -0.4 is 16.4 Å². The zero-order valence-electron chi connectivity index (χ0n) is 15.3. The highest BCUT2D eigenvalue weighted by molar-refractivity contribution is 6.27. The lowest BCUT2D eigenvalue weighted by molar-refractivity contribution is -0.118. The first kappa shape index (κ1) is 19.0. The summed E-state index contributed by atoms with van der Waals surface area (Å²) in [5, 5.41) is 4.10. The molecule has 0 radical (unpaired) electrons. The normalized spacial score (nSPS) is 11.9. The van der Waals surface area contributed by atoms with Crippen molar-refractivity contribution in [2.24, 2.45) is 4.99 Å². The minimum atomic E-state index is -0.299. The van der Waals surface area contributed by atoms with Crippen LogP contribution in [0.25, 0.3) is 33.4 Å². The molecule has 29 heavy (non-hydrogen) atoms. The maximum absolute atomic E-state index is 13.5. The molecule has 2 aromatic carbocycles. The zero-order chi connectivity index (χ0) is 20.4. The number of anilines is 1. The van der Waals surface area contributed by atoms with E-state index < -0.39 is 0 Å². The molecule has 146 valence electrons. The van der Waals surface area contributed by atoms with Crippen LogP contribution in [-0.4, -0.2) is 18.5 Å². The number of benzene rings is 3. The summed E-state index contributed by atoms with van der Waals surface area (Å²) in [6.07, 6.45) is 0. The van der Waals surface area contributed by atoms with Crippen LogP contribution >= 0.6 is 11.6 Å². The smallest absolute Gasteiger partial charge is 0.236 e. The number of nitrogens with two attached hydrogens (primary N) is 1. The van der Waals surface area contributed by atoms with Crippen molar-refractivity contribution in [2.75, 3.05) is 18.3 Å². The van der Waals surface area contributed by atoms with Crippen molar-refractivity contribution in [3.63, 3.8) is 0 Å². The molecular weight excluding hydrogens is 393 g/mol. The number of nitrogen functional groups attached to an aromatic ring is 1. The Bertz CT molecular complexity index is 1240. The van der Waals surface area contributed by atoms with Gasteiger partial charge in [-0.2, -0.15) is 0 Å². The maximum Gasteiger partial charge on any atom is 0.236 e. The molecule has 0 bridgehead atoms. The Labute approximate surface area is 171 Å². The summed E-state index contributed by atoms with van der Waals surface area (Å²) >= 11 is 5.46. The Morgan fingerprint density at radius 3 is 2.66 bits per heavy atom. The monoisotopic (exact) mass is 409 g/mol. The molecule has 3 N–H and O–H groups in total. The molecule has 2 aliphatic rings. The largest absolute Gasteiger partial charge is 0.456 e. The summed E-state index contributed by atoms with van der Waals surface area (Å²) in [6.45, 7) is 0.114. The van der Waals surface area contributed by atoms with E-state index in [1.807, 2.05) is 18.2 Å². The van der Waals surface area contributed by atoms with E-state index >= 15 is 0 Å². The van der Waals surface area contributed by atoms with Gasteiger partial charge in [0.15, 0.2) is 0 Å². The van der Waals surface area contributed by atoms with Crippen molar-refractivity contribution >= 4 is 34.2 Å². The lowest BCUT2D eigenvalue weighted by Crippen LogP contribution is -2.25. The standard InChI is InChI=1S/C22H17ClFN3O2/c23-11-21(28)27-12-26-16-6-8-18-20(10-16)29-19-9-15(25)5-7-17(19)22(18)13-1-3-14(24)4-2-13/h1-10H,11-12,25H2,(H,27,28). The van der Waals surface area contributed by atoms with E-state index in [1.165, 1.54) is 12.1 Å². The Morgan fingerprint density at radius 1 is 1.10 bits per heavy atom. The summed E-state index contributed by atoms with van der Waals surface area (Å²) in [5.41, 5.74) is 9.77. The second-order valence-corrected chi connectivity index (χ2v) is 6.74. The first-order valence-corrected chi connectivity index (χ1v) is 9.44. The van der Waals surface area contributed by atoms with Crippen molar-refractivity contribution in [1.82, 2.24) is 5.32 Å². The predicted octanol–water partition coefficient (Wildman–Crippen LogP) is 4.14. The van der Waals surface area contributed by atoms with Crippen LogP contribution in [0.5, 0.6) is 0 Å². The van der Waals surface area contributed by atoms with E-state index in [1.54, 1.807) is 30.3 Å². The van der Waals surface area contributed by atoms with Crippen molar-refractivity contribution in [2.45, 2.75) is 0 Å². The van der Waals surface area contributed by atoms with Crippen LogP contribution in [0.1, 0.15) is 0 Å². The molecule has 4 rings (SSSR count). The summed E-state index contributed by atoms with van der Waals surface area (Å²) in [7, 11) is 0. The lowest BCUT2D eigenvalue weighted by Gasteiger charge is -2.15. The van der Waals surface area contributed by atoms with Gasteiger partial charge in [0.05, 0.1) is 5.36 Å². The SMILES string of the molecule is Nc1ccc2c(-c3ccc(F)cc3)c3ccc(=NCNC(=O)CCl)cc-3oc2c1. The number of amides is 1. The molecule has 0 saturated heterocycles. The molecule has 0 spiro atoms. The molecule has 1 heterocycles. The molecule has 1 aliphatic heterocycles. The fraction of sp³-hybridized carbons (Fsp3) is 0.0909. The van der Waals surface area contributed by atoms with Gasteiger partial charge >= 0.3 is 0 Å². The Balaban J connectivity index is 1.90. The van der Waals surface area contributed by atoms with Crippen molar-refractivity contribution in [3.05, 3.63) is 71.8 Å². The van der Waals surface area contributed by atoms with Gasteiger partial charge in [0, 0.05) is 34.3 Å². The van der Waals surface area contributed by atoms with E-state index in [-0.39, 0.29) is 24.3 Å². The number of fused-ring (bicyclic) bond motifs is 2. The third-order valence-electron chi connectivity index (χ3n) is 4.52. The molecule has 1 amide bonds. The van der Waals surface area contributed by atoms with E-state index in [4.69, 9.17) is 21.8 Å². The van der Waals surface area contributed by atoms with Gasteiger partial charge in [-0.1, -0.05) is 12.1 Å². The molecule has 0 fully saturated rings. The topological polar surface area (TPSA) is 80.6 Å². The highest BCUT2D eigenvalue weighted by Crippen LogP contribution is 2.40. The van der Waals surface area contributed by atoms with Crippen LogP contribution in [0.3, 0.4) is 0 Å².